The second-order valence-electron chi connectivity index (χ2n) is 5.92. The molecule has 114 valence electrons. The van der Waals surface area contributed by atoms with E-state index in [2.05, 4.69) is 31.3 Å². The van der Waals surface area contributed by atoms with Gasteiger partial charge in [0.15, 0.2) is 0 Å². The first-order valence-electron chi connectivity index (χ1n) is 7.58. The third-order valence-electron chi connectivity index (χ3n) is 4.92. The number of rotatable bonds is 7. The van der Waals surface area contributed by atoms with Crippen LogP contribution in [0.15, 0.2) is 30.3 Å². The average molecular weight is 289 g/mol. The number of aliphatic carboxylic acids is 1. The van der Waals surface area contributed by atoms with E-state index >= 15 is 0 Å². The lowest BCUT2D eigenvalue weighted by atomic mass is 9.75. The SMILES string of the molecule is CCC(CC)(CNC(=O)C1(C(=O)O)CC1)c1ccccc1. The molecule has 1 amide bonds. The van der Waals surface area contributed by atoms with Crippen LogP contribution in [-0.4, -0.2) is 23.5 Å². The van der Waals surface area contributed by atoms with E-state index in [1.54, 1.807) is 0 Å². The van der Waals surface area contributed by atoms with Crippen LogP contribution in [0.3, 0.4) is 0 Å². The Balaban J connectivity index is 2.11. The quantitative estimate of drug-likeness (QED) is 0.758. The molecule has 4 nitrogen and oxygen atoms in total. The summed E-state index contributed by atoms with van der Waals surface area (Å²) in [7, 11) is 0. The zero-order valence-corrected chi connectivity index (χ0v) is 12.7. The van der Waals surface area contributed by atoms with Crippen LogP contribution >= 0.6 is 0 Å². The van der Waals surface area contributed by atoms with Crippen molar-refractivity contribution in [2.24, 2.45) is 5.41 Å². The Hall–Kier alpha value is -1.84. The average Bonchev–Trinajstić information content (AvgIpc) is 3.31. The van der Waals surface area contributed by atoms with Gasteiger partial charge in [0, 0.05) is 12.0 Å². The van der Waals surface area contributed by atoms with Gasteiger partial charge in [0.05, 0.1) is 0 Å². The molecule has 0 spiro atoms. The summed E-state index contributed by atoms with van der Waals surface area (Å²) in [6.07, 6.45) is 2.69. The monoisotopic (exact) mass is 289 g/mol. The standard InChI is InChI=1S/C17H23NO3/c1-3-16(4-2,13-8-6-5-7-9-13)12-18-14(19)17(10-11-17)15(20)21/h5-9H,3-4,10-12H2,1-2H3,(H,18,19)(H,20,21). The lowest BCUT2D eigenvalue weighted by Gasteiger charge is -2.33. The fourth-order valence-electron chi connectivity index (χ4n) is 2.88. The molecule has 21 heavy (non-hydrogen) atoms. The Morgan fingerprint density at radius 2 is 1.76 bits per heavy atom. The van der Waals surface area contributed by atoms with Gasteiger partial charge in [-0.25, -0.2) is 0 Å². The van der Waals surface area contributed by atoms with Crippen LogP contribution in [0.2, 0.25) is 0 Å². The minimum absolute atomic E-state index is 0.133. The molecule has 0 atom stereocenters. The highest BCUT2D eigenvalue weighted by Crippen LogP contribution is 2.46. The van der Waals surface area contributed by atoms with Crippen LogP contribution < -0.4 is 5.32 Å². The Kier molecular flexibility index (Phi) is 4.35. The number of hydrogen-bond acceptors (Lipinski definition) is 2. The van der Waals surface area contributed by atoms with Gasteiger partial charge in [-0.15, -0.1) is 0 Å². The van der Waals surface area contributed by atoms with Crippen LogP contribution in [0, 0.1) is 5.41 Å². The largest absolute Gasteiger partial charge is 0.480 e. The number of carbonyl (C=O) groups is 2. The second kappa shape index (κ2) is 5.88. The molecular formula is C17H23NO3. The van der Waals surface area contributed by atoms with E-state index in [-0.39, 0.29) is 11.3 Å². The summed E-state index contributed by atoms with van der Waals surface area (Å²) in [4.78, 5) is 23.4. The second-order valence-corrected chi connectivity index (χ2v) is 5.92. The van der Waals surface area contributed by atoms with Crippen molar-refractivity contribution in [2.45, 2.75) is 44.9 Å². The van der Waals surface area contributed by atoms with Gasteiger partial charge < -0.3 is 10.4 Å². The normalized spacial score (nSPS) is 16.3. The van der Waals surface area contributed by atoms with Gasteiger partial charge >= 0.3 is 5.97 Å². The molecule has 1 aromatic carbocycles. The fraction of sp³-hybridized carbons (Fsp3) is 0.529. The van der Waals surface area contributed by atoms with Gasteiger partial charge in [-0.05, 0) is 31.2 Å². The first-order chi connectivity index (χ1) is 10.0. The van der Waals surface area contributed by atoms with Crippen molar-refractivity contribution in [3.05, 3.63) is 35.9 Å². The van der Waals surface area contributed by atoms with Crippen molar-refractivity contribution in [3.8, 4) is 0 Å². The zero-order chi connectivity index (χ0) is 15.5. The molecule has 1 aliphatic carbocycles. The van der Waals surface area contributed by atoms with Crippen LogP contribution in [0.1, 0.15) is 45.1 Å². The summed E-state index contributed by atoms with van der Waals surface area (Å²) in [5.74, 6) is -1.34. The van der Waals surface area contributed by atoms with Gasteiger partial charge in [-0.2, -0.15) is 0 Å². The van der Waals surface area contributed by atoms with E-state index < -0.39 is 11.4 Å². The van der Waals surface area contributed by atoms with E-state index in [0.717, 1.165) is 12.8 Å². The van der Waals surface area contributed by atoms with Gasteiger partial charge in [0.1, 0.15) is 5.41 Å². The van der Waals surface area contributed by atoms with E-state index in [9.17, 15) is 14.7 Å². The Bertz CT molecular complexity index is 516. The summed E-state index contributed by atoms with van der Waals surface area (Å²) < 4.78 is 0. The predicted octanol–water partition coefficient (Wildman–Crippen LogP) is 2.73. The number of hydrogen-bond donors (Lipinski definition) is 2. The molecule has 1 aliphatic rings. The van der Waals surface area contributed by atoms with Crippen molar-refractivity contribution in [2.75, 3.05) is 6.54 Å². The number of carboxylic acids is 1. The van der Waals surface area contributed by atoms with Gasteiger partial charge in [0.25, 0.3) is 0 Å². The van der Waals surface area contributed by atoms with E-state index in [1.165, 1.54) is 5.56 Å². The molecule has 2 N–H and O–H groups in total. The predicted molar refractivity (Wildman–Crippen MR) is 81.0 cm³/mol. The topological polar surface area (TPSA) is 66.4 Å². The van der Waals surface area contributed by atoms with Crippen LogP contribution in [-0.2, 0) is 15.0 Å². The summed E-state index contributed by atoms with van der Waals surface area (Å²) in [6.45, 7) is 4.69. The molecular weight excluding hydrogens is 266 g/mol. The molecule has 0 aromatic heterocycles. The molecule has 0 heterocycles. The first-order valence-corrected chi connectivity index (χ1v) is 7.58. The van der Waals surface area contributed by atoms with Gasteiger partial charge in [-0.1, -0.05) is 44.2 Å². The number of nitrogens with one attached hydrogen (secondary N) is 1. The molecule has 4 heteroatoms. The third kappa shape index (κ3) is 2.80. The Labute approximate surface area is 125 Å². The number of amides is 1. The highest BCUT2D eigenvalue weighted by atomic mass is 16.4. The molecule has 1 fully saturated rings. The highest BCUT2D eigenvalue weighted by Gasteiger charge is 2.57. The summed E-state index contributed by atoms with van der Waals surface area (Å²) >= 11 is 0. The van der Waals surface area contributed by atoms with Crippen molar-refractivity contribution < 1.29 is 14.7 Å². The van der Waals surface area contributed by atoms with Gasteiger partial charge in [0.2, 0.25) is 5.91 Å². The Morgan fingerprint density at radius 1 is 1.19 bits per heavy atom. The molecule has 1 aromatic rings. The minimum Gasteiger partial charge on any atom is -0.480 e. The number of benzene rings is 1. The van der Waals surface area contributed by atoms with Crippen molar-refractivity contribution in [3.63, 3.8) is 0 Å². The van der Waals surface area contributed by atoms with Gasteiger partial charge in [-0.3, -0.25) is 9.59 Å². The van der Waals surface area contributed by atoms with Crippen LogP contribution in [0.5, 0.6) is 0 Å². The minimum atomic E-state index is -1.16. The molecule has 0 radical (unpaired) electrons. The van der Waals surface area contributed by atoms with Crippen LogP contribution in [0.4, 0.5) is 0 Å². The fourth-order valence-corrected chi connectivity index (χ4v) is 2.88. The van der Waals surface area contributed by atoms with E-state index in [4.69, 9.17) is 0 Å². The first kappa shape index (κ1) is 15.5. The maximum atomic E-state index is 12.2. The Morgan fingerprint density at radius 3 is 2.19 bits per heavy atom. The summed E-state index contributed by atoms with van der Waals surface area (Å²) in [5.41, 5.74) is -0.106. The zero-order valence-electron chi connectivity index (χ0n) is 12.7. The number of carboxylic acid groups (broad SMARTS) is 1. The number of carbonyl (C=O) groups excluding carboxylic acids is 1. The van der Waals surface area contributed by atoms with Crippen molar-refractivity contribution >= 4 is 11.9 Å². The molecule has 0 bridgehead atoms. The maximum absolute atomic E-state index is 12.2. The molecule has 0 unspecified atom stereocenters. The third-order valence-corrected chi connectivity index (χ3v) is 4.92. The van der Waals surface area contributed by atoms with Crippen LogP contribution in [0.25, 0.3) is 0 Å². The lowest BCUT2D eigenvalue weighted by molar-refractivity contribution is -0.149. The molecule has 0 aliphatic heterocycles. The highest BCUT2D eigenvalue weighted by molar-refractivity contribution is 6.04. The lowest BCUT2D eigenvalue weighted by Crippen LogP contribution is -2.44. The maximum Gasteiger partial charge on any atom is 0.319 e. The summed E-state index contributed by atoms with van der Waals surface area (Å²) in [6, 6.07) is 10.1. The van der Waals surface area contributed by atoms with Crippen molar-refractivity contribution in [1.82, 2.24) is 5.32 Å². The summed E-state index contributed by atoms with van der Waals surface area (Å²) in [5, 5.41) is 12.1. The smallest absolute Gasteiger partial charge is 0.319 e. The van der Waals surface area contributed by atoms with Crippen molar-refractivity contribution in [1.29, 1.82) is 0 Å². The molecule has 2 rings (SSSR count). The van der Waals surface area contributed by atoms with E-state index in [0.29, 0.717) is 19.4 Å². The molecule has 0 saturated heterocycles. The van der Waals surface area contributed by atoms with E-state index in [1.807, 2.05) is 18.2 Å². The molecule has 1 saturated carbocycles.